The number of anilines is 3. The van der Waals surface area contributed by atoms with Gasteiger partial charge in [-0.25, -0.2) is 34.9 Å². The summed E-state index contributed by atoms with van der Waals surface area (Å²) in [6.07, 6.45) is 4.47. The fourth-order valence-electron chi connectivity index (χ4n) is 5.11. The molecular weight excluding hydrogens is 1100 g/mol. The third-order valence-corrected chi connectivity index (χ3v) is 11.6. The van der Waals surface area contributed by atoms with Gasteiger partial charge in [-0.1, -0.05) is 19.0 Å². The average molecular weight is 1130 g/mol. The molecule has 280 valence electrons. The van der Waals surface area contributed by atoms with Crippen LogP contribution < -0.4 is 16.6 Å². The van der Waals surface area contributed by atoms with Crippen molar-refractivity contribution in [3.63, 3.8) is 0 Å². The van der Waals surface area contributed by atoms with E-state index in [9.17, 15) is 4.79 Å². The zero-order valence-electron chi connectivity index (χ0n) is 28.0. The van der Waals surface area contributed by atoms with E-state index in [1.54, 1.807) is 29.0 Å². The van der Waals surface area contributed by atoms with E-state index in [-0.39, 0.29) is 13.0 Å². The molecule has 0 saturated heterocycles. The van der Waals surface area contributed by atoms with E-state index in [1.807, 2.05) is 89.9 Å². The topological polar surface area (TPSA) is 161 Å². The average Bonchev–Trinajstić information content (AvgIpc) is 3.86. The summed E-state index contributed by atoms with van der Waals surface area (Å²) in [4.78, 5) is 42.9. The second kappa shape index (κ2) is 19.3. The Balaban J connectivity index is 0.000000132. The van der Waals surface area contributed by atoms with Crippen molar-refractivity contribution < 1.29 is 0 Å². The van der Waals surface area contributed by atoms with Gasteiger partial charge in [0.1, 0.15) is 23.6 Å². The summed E-state index contributed by atoms with van der Waals surface area (Å²) in [5.41, 5.74) is 15.4. The highest BCUT2D eigenvalue weighted by Crippen LogP contribution is 2.27. The van der Waals surface area contributed by atoms with E-state index in [0.717, 1.165) is 66.3 Å². The summed E-state index contributed by atoms with van der Waals surface area (Å²) >= 11 is 15.8. The molecule has 0 saturated carbocycles. The molecule has 0 aliphatic rings. The number of rotatable bonds is 2. The number of nitrogen functional groups attached to an aromatic ring is 1. The van der Waals surface area contributed by atoms with E-state index in [0.29, 0.717) is 10.5 Å². The number of nitrogens with two attached hydrogens (primary N) is 1. The van der Waals surface area contributed by atoms with Gasteiger partial charge in [-0.05, 0) is 159 Å². The lowest BCUT2D eigenvalue weighted by molar-refractivity contribution is 1.17. The number of fused-ring (bicyclic) bond motifs is 5. The van der Waals surface area contributed by atoms with Gasteiger partial charge in [0.05, 0.1) is 59.7 Å². The first-order valence-electron chi connectivity index (χ1n) is 16.0. The van der Waals surface area contributed by atoms with Crippen LogP contribution in [0.2, 0.25) is 5.15 Å². The SMILES string of the molecule is C.Clc1ncnc2ccc(I)cc12.Ic1ccc2ncnc(Nc3ccc4scnc4c3)c2c1.Nc1ccc2scnc2c1.O=c1[nH]cnc2ccc(I)cc12. The first-order valence-corrected chi connectivity index (χ1v) is 21.4. The minimum absolute atomic E-state index is 0. The summed E-state index contributed by atoms with van der Waals surface area (Å²) in [6, 6.07) is 29.5. The van der Waals surface area contributed by atoms with Crippen molar-refractivity contribution in [1.29, 1.82) is 0 Å². The van der Waals surface area contributed by atoms with Crippen LogP contribution in [0.5, 0.6) is 0 Å². The standard InChI is InChI=1S/C15H9IN4S.C8H4ClIN2.C8H5IN2O.C7H6N2S.CH4/c16-9-1-3-12-11(5-9)15(18-7-17-12)20-10-2-4-14-13(6-10)19-8-21-14;9-8-6-3-5(10)1-2-7(6)11-4-12-8;9-5-1-2-7-6(3-5)8(12)11-4-10-7;8-5-1-2-7-6(3-5)9-4-10-7;/h1-8H,(H,17,18,20);1-4H;1-4H,(H,10,11,12);1-4H,8H2;1H4. The zero-order valence-corrected chi connectivity index (χ0v) is 36.9. The van der Waals surface area contributed by atoms with Gasteiger partial charge in [-0.15, -0.1) is 22.7 Å². The number of nitrogens with zero attached hydrogens (tertiary/aromatic N) is 7. The third kappa shape index (κ3) is 10.4. The molecule has 17 heteroatoms. The van der Waals surface area contributed by atoms with Crippen LogP contribution in [0, 0.1) is 10.7 Å². The van der Waals surface area contributed by atoms with Crippen molar-refractivity contribution in [2.45, 2.75) is 7.43 Å². The number of halogens is 4. The molecular formula is C39H28ClI3N10OS2. The van der Waals surface area contributed by atoms with Gasteiger partial charge < -0.3 is 16.0 Å². The van der Waals surface area contributed by atoms with Crippen LogP contribution in [0.4, 0.5) is 17.2 Å². The van der Waals surface area contributed by atoms with Gasteiger partial charge in [-0.2, -0.15) is 0 Å². The molecule has 56 heavy (non-hydrogen) atoms. The van der Waals surface area contributed by atoms with Gasteiger partial charge in [0, 0.05) is 32.9 Å². The lowest BCUT2D eigenvalue weighted by atomic mass is 10.2. The Hall–Kier alpha value is -4.22. The molecule has 0 radical (unpaired) electrons. The molecule has 0 bridgehead atoms. The molecule has 11 nitrogen and oxygen atoms in total. The number of hydrogen-bond acceptors (Lipinski definition) is 12. The Labute approximate surface area is 374 Å². The van der Waals surface area contributed by atoms with Crippen LogP contribution in [0.3, 0.4) is 0 Å². The predicted octanol–water partition coefficient (Wildman–Crippen LogP) is 11.5. The quantitative estimate of drug-likeness (QED) is 0.0863. The lowest BCUT2D eigenvalue weighted by Crippen LogP contribution is -2.05. The number of hydrogen-bond donors (Lipinski definition) is 3. The van der Waals surface area contributed by atoms with E-state index < -0.39 is 0 Å². The van der Waals surface area contributed by atoms with Crippen LogP contribution in [-0.4, -0.2) is 39.9 Å². The Bertz CT molecular complexity index is 3000. The number of H-pyrrole nitrogens is 1. The van der Waals surface area contributed by atoms with Crippen LogP contribution >= 0.6 is 102 Å². The lowest BCUT2D eigenvalue weighted by Gasteiger charge is -2.08. The highest BCUT2D eigenvalue weighted by Gasteiger charge is 2.06. The van der Waals surface area contributed by atoms with Crippen molar-refractivity contribution >= 4 is 172 Å². The molecule has 10 rings (SSSR count). The van der Waals surface area contributed by atoms with Gasteiger partial charge in [0.25, 0.3) is 5.56 Å². The van der Waals surface area contributed by atoms with Crippen LogP contribution in [0.25, 0.3) is 53.1 Å². The summed E-state index contributed by atoms with van der Waals surface area (Å²) < 4.78 is 5.71. The van der Waals surface area contributed by atoms with Crippen molar-refractivity contribution in [3.05, 3.63) is 147 Å². The second-order valence-corrected chi connectivity index (χ2v) is 17.2. The molecule has 0 unspecified atom stereocenters. The molecule has 10 aromatic rings. The minimum atomic E-state index is -0.0847. The minimum Gasteiger partial charge on any atom is -0.399 e. The van der Waals surface area contributed by atoms with E-state index >= 15 is 0 Å². The monoisotopic (exact) mass is 1130 g/mol. The Morgan fingerprint density at radius 1 is 0.589 bits per heavy atom. The first kappa shape index (κ1) is 41.4. The summed E-state index contributed by atoms with van der Waals surface area (Å²) in [5.74, 6) is 0.813. The number of thiazole rings is 2. The maximum Gasteiger partial charge on any atom is 0.258 e. The second-order valence-electron chi connectivity index (χ2n) is 11.3. The normalized spacial score (nSPS) is 10.5. The van der Waals surface area contributed by atoms with Crippen LogP contribution in [0.1, 0.15) is 7.43 Å². The van der Waals surface area contributed by atoms with Crippen molar-refractivity contribution in [2.24, 2.45) is 0 Å². The molecule has 0 spiro atoms. The smallest absolute Gasteiger partial charge is 0.258 e. The molecule has 4 N–H and O–H groups in total. The molecule has 5 heterocycles. The molecule has 0 amide bonds. The highest BCUT2D eigenvalue weighted by atomic mass is 127. The van der Waals surface area contributed by atoms with Gasteiger partial charge in [0.2, 0.25) is 0 Å². The number of benzene rings is 5. The largest absolute Gasteiger partial charge is 0.399 e. The maximum absolute atomic E-state index is 11.2. The molecule has 0 atom stereocenters. The number of aromatic nitrogens is 8. The Kier molecular flexibility index (Phi) is 14.3. The molecule has 0 aliphatic heterocycles. The Morgan fingerprint density at radius 3 is 1.82 bits per heavy atom. The van der Waals surface area contributed by atoms with Gasteiger partial charge >= 0.3 is 0 Å². The van der Waals surface area contributed by atoms with Gasteiger partial charge in [-0.3, -0.25) is 4.79 Å². The number of aromatic amines is 1. The van der Waals surface area contributed by atoms with Gasteiger partial charge in [0.15, 0.2) is 0 Å². The Morgan fingerprint density at radius 2 is 1.14 bits per heavy atom. The fraction of sp³-hybridized carbons (Fsp3) is 0.0256. The first-order chi connectivity index (χ1) is 26.7. The fourth-order valence-corrected chi connectivity index (χ4v) is 8.10. The highest BCUT2D eigenvalue weighted by molar-refractivity contribution is 14.1. The van der Waals surface area contributed by atoms with Crippen molar-refractivity contribution in [3.8, 4) is 0 Å². The summed E-state index contributed by atoms with van der Waals surface area (Å²) in [6.45, 7) is 0. The molecule has 0 aliphatic carbocycles. The van der Waals surface area contributed by atoms with E-state index in [2.05, 4.69) is 125 Å². The van der Waals surface area contributed by atoms with Crippen molar-refractivity contribution in [2.75, 3.05) is 11.1 Å². The summed E-state index contributed by atoms with van der Waals surface area (Å²) in [7, 11) is 0. The number of nitrogens with one attached hydrogen (secondary N) is 2. The molecule has 5 aromatic carbocycles. The van der Waals surface area contributed by atoms with Crippen molar-refractivity contribution in [1.82, 2.24) is 39.9 Å². The van der Waals surface area contributed by atoms with Crippen LogP contribution in [-0.2, 0) is 0 Å². The molecule has 5 aromatic heterocycles. The van der Waals surface area contributed by atoms with Crippen LogP contribution in [0.15, 0.2) is 126 Å². The maximum atomic E-state index is 11.2. The molecule has 0 fully saturated rings. The predicted molar refractivity (Wildman–Crippen MR) is 258 cm³/mol. The summed E-state index contributed by atoms with van der Waals surface area (Å²) in [5, 5.41) is 6.45. The third-order valence-electron chi connectivity index (χ3n) is 7.70. The van der Waals surface area contributed by atoms with E-state index in [4.69, 9.17) is 17.3 Å². The zero-order chi connectivity index (χ0) is 38.3. The van der Waals surface area contributed by atoms with E-state index in [1.165, 1.54) is 22.1 Å².